The summed E-state index contributed by atoms with van der Waals surface area (Å²) in [5, 5.41) is 5.89. The topological polar surface area (TPSA) is 104 Å². The molecule has 3 amide bonds. The second-order valence-electron chi connectivity index (χ2n) is 9.59. The van der Waals surface area contributed by atoms with E-state index in [-0.39, 0.29) is 29.5 Å². The van der Waals surface area contributed by atoms with E-state index in [1.165, 1.54) is 54.6 Å². The normalized spacial score (nSPS) is 13.1. The third-order valence-electron chi connectivity index (χ3n) is 6.29. The quantitative estimate of drug-likeness (QED) is 0.233. The van der Waals surface area contributed by atoms with Crippen LogP contribution in [0.5, 0.6) is 11.5 Å². The van der Waals surface area contributed by atoms with Crippen LogP contribution in [-0.4, -0.2) is 46.7 Å². The molecule has 0 unspecified atom stereocenters. The predicted octanol–water partition coefficient (Wildman–Crippen LogP) is 5.48. The summed E-state index contributed by atoms with van der Waals surface area (Å²) in [7, 11) is 0. The molecule has 0 spiro atoms. The molecule has 1 saturated carbocycles. The van der Waals surface area contributed by atoms with Crippen LogP contribution < -0.4 is 15.4 Å². The number of carbonyl (C=O) groups excluding carboxylic acids is 3. The van der Waals surface area contributed by atoms with Crippen LogP contribution in [0.4, 0.5) is 23.2 Å². The lowest BCUT2D eigenvalue weighted by atomic mass is 10.2. The van der Waals surface area contributed by atoms with Crippen molar-refractivity contribution in [2.45, 2.75) is 25.1 Å². The number of halogens is 4. The van der Waals surface area contributed by atoms with Gasteiger partial charge < -0.3 is 25.3 Å². The fraction of sp³-hybridized carbons (Fsp3) is 0.207. The van der Waals surface area contributed by atoms with E-state index in [9.17, 15) is 31.9 Å². The van der Waals surface area contributed by atoms with E-state index in [0.717, 1.165) is 29.9 Å². The molecule has 1 aliphatic carbocycles. The molecule has 12 heteroatoms. The molecule has 0 radical (unpaired) electrons. The van der Waals surface area contributed by atoms with Crippen molar-refractivity contribution in [3.05, 3.63) is 89.9 Å². The van der Waals surface area contributed by atoms with E-state index in [4.69, 9.17) is 4.74 Å². The van der Waals surface area contributed by atoms with Crippen molar-refractivity contribution in [3.8, 4) is 11.5 Å². The van der Waals surface area contributed by atoms with Crippen LogP contribution >= 0.6 is 0 Å². The number of para-hydroxylation sites is 1. The van der Waals surface area contributed by atoms with Crippen LogP contribution in [0.3, 0.4) is 0 Å². The van der Waals surface area contributed by atoms with E-state index in [1.807, 2.05) is 0 Å². The van der Waals surface area contributed by atoms with Gasteiger partial charge in [-0.3, -0.25) is 14.4 Å². The zero-order valence-corrected chi connectivity index (χ0v) is 21.4. The number of ether oxygens (including phenoxy) is 1. The van der Waals surface area contributed by atoms with Crippen molar-refractivity contribution in [2.24, 2.45) is 0 Å². The Morgan fingerprint density at radius 1 is 0.902 bits per heavy atom. The number of carbonyl (C=O) groups is 3. The van der Waals surface area contributed by atoms with Gasteiger partial charge in [-0.2, -0.15) is 13.2 Å². The molecule has 41 heavy (non-hydrogen) atoms. The highest BCUT2D eigenvalue weighted by molar-refractivity contribution is 6.02. The molecule has 8 nitrogen and oxygen atoms in total. The van der Waals surface area contributed by atoms with Gasteiger partial charge in [0.2, 0.25) is 11.8 Å². The summed E-state index contributed by atoms with van der Waals surface area (Å²) in [5.41, 5.74) is -0.266. The van der Waals surface area contributed by atoms with Crippen molar-refractivity contribution >= 4 is 34.3 Å². The number of nitrogens with zero attached hydrogens (tertiary/aromatic N) is 1. The van der Waals surface area contributed by atoms with Crippen molar-refractivity contribution in [2.75, 3.05) is 18.4 Å². The summed E-state index contributed by atoms with van der Waals surface area (Å²) in [6.07, 6.45) is -2.76. The Labute approximate surface area is 231 Å². The van der Waals surface area contributed by atoms with E-state index >= 15 is 0 Å². The minimum Gasteiger partial charge on any atom is -0.457 e. The average molecular weight is 569 g/mol. The molecule has 1 heterocycles. The highest BCUT2D eigenvalue weighted by atomic mass is 19.4. The Morgan fingerprint density at radius 3 is 2.15 bits per heavy atom. The Balaban J connectivity index is 1.24. The Morgan fingerprint density at radius 2 is 1.54 bits per heavy atom. The number of hydrogen-bond acceptors (Lipinski definition) is 4. The lowest BCUT2D eigenvalue weighted by Crippen LogP contribution is -2.45. The maximum atomic E-state index is 14.2. The number of anilines is 1. The molecule has 0 bridgehead atoms. The fourth-order valence-electron chi connectivity index (χ4n) is 4.11. The third-order valence-corrected chi connectivity index (χ3v) is 6.29. The molecule has 1 aliphatic rings. The largest absolute Gasteiger partial charge is 0.457 e. The molecular formula is C29H24F4N4O4. The number of hydrogen-bond donors (Lipinski definition) is 3. The zero-order valence-electron chi connectivity index (χ0n) is 21.4. The van der Waals surface area contributed by atoms with Gasteiger partial charge in [0.15, 0.2) is 0 Å². The van der Waals surface area contributed by atoms with Crippen LogP contribution in [0, 0.1) is 5.82 Å². The van der Waals surface area contributed by atoms with Crippen LogP contribution in [0.25, 0.3) is 10.9 Å². The van der Waals surface area contributed by atoms with Crippen molar-refractivity contribution in [1.82, 2.24) is 15.2 Å². The number of benzene rings is 3. The number of alkyl halides is 3. The number of rotatable bonds is 9. The maximum Gasteiger partial charge on any atom is 0.416 e. The Bertz CT molecular complexity index is 1580. The van der Waals surface area contributed by atoms with E-state index in [1.54, 1.807) is 6.07 Å². The van der Waals surface area contributed by atoms with Gasteiger partial charge in [0.25, 0.3) is 5.91 Å². The summed E-state index contributed by atoms with van der Waals surface area (Å²) in [5.74, 6) is -1.67. The second kappa shape index (κ2) is 11.3. The highest BCUT2D eigenvalue weighted by Gasteiger charge is 2.30. The van der Waals surface area contributed by atoms with E-state index < -0.39 is 41.8 Å². The van der Waals surface area contributed by atoms with Gasteiger partial charge in [-0.05, 0) is 73.5 Å². The molecule has 212 valence electrons. The molecular weight excluding hydrogens is 544 g/mol. The summed E-state index contributed by atoms with van der Waals surface area (Å²) in [4.78, 5) is 42.4. The van der Waals surface area contributed by atoms with E-state index in [0.29, 0.717) is 16.8 Å². The van der Waals surface area contributed by atoms with Crippen molar-refractivity contribution < 1.29 is 36.7 Å². The number of amides is 3. The van der Waals surface area contributed by atoms with Gasteiger partial charge in [-0.15, -0.1) is 0 Å². The SMILES string of the molecule is O=C(CN(CC(=O)NC1CC1)C(=O)c1cc2cccc(F)c2[nH]1)Nc1ccc(Oc2ccc(C(F)(F)F)cc2)cc1. The van der Waals surface area contributed by atoms with Gasteiger partial charge in [0.1, 0.15) is 36.1 Å². The standard InChI is InChI=1S/C29H24F4N4O4/c30-23-3-1-2-17-14-24(36-27(17)23)28(40)37(15-25(38)34-19-6-7-19)16-26(39)35-20-8-12-22(13-9-20)41-21-10-4-18(5-11-21)29(31,32)33/h1-5,8-14,19,36H,6-7,15-16H2,(H,34,38)(H,35,39). The summed E-state index contributed by atoms with van der Waals surface area (Å²) in [6, 6.07) is 16.2. The second-order valence-corrected chi connectivity index (χ2v) is 9.59. The minimum absolute atomic E-state index is 0.0295. The summed E-state index contributed by atoms with van der Waals surface area (Å²) < 4.78 is 57.9. The lowest BCUT2D eigenvalue weighted by molar-refractivity contribution is -0.137. The fourth-order valence-corrected chi connectivity index (χ4v) is 4.11. The van der Waals surface area contributed by atoms with Gasteiger partial charge >= 0.3 is 6.18 Å². The summed E-state index contributed by atoms with van der Waals surface area (Å²) >= 11 is 0. The van der Waals surface area contributed by atoms with Crippen LogP contribution in [0.1, 0.15) is 28.9 Å². The molecule has 1 aromatic heterocycles. The van der Waals surface area contributed by atoms with Gasteiger partial charge in [0.05, 0.1) is 11.1 Å². The number of aromatic amines is 1. The van der Waals surface area contributed by atoms with E-state index in [2.05, 4.69) is 15.6 Å². The van der Waals surface area contributed by atoms with Crippen molar-refractivity contribution in [3.63, 3.8) is 0 Å². The first kappa shape index (κ1) is 27.7. The molecule has 3 aromatic carbocycles. The number of fused-ring (bicyclic) bond motifs is 1. The lowest BCUT2D eigenvalue weighted by Gasteiger charge is -2.21. The first-order valence-corrected chi connectivity index (χ1v) is 12.7. The van der Waals surface area contributed by atoms with Gasteiger partial charge in [-0.1, -0.05) is 12.1 Å². The molecule has 4 aromatic rings. The summed E-state index contributed by atoms with van der Waals surface area (Å²) in [6.45, 7) is -0.834. The van der Waals surface area contributed by atoms with Crippen LogP contribution in [0.2, 0.25) is 0 Å². The monoisotopic (exact) mass is 568 g/mol. The van der Waals surface area contributed by atoms with Crippen molar-refractivity contribution in [1.29, 1.82) is 0 Å². The molecule has 3 N–H and O–H groups in total. The maximum absolute atomic E-state index is 14.2. The third kappa shape index (κ3) is 7.02. The first-order chi connectivity index (χ1) is 19.5. The first-order valence-electron chi connectivity index (χ1n) is 12.7. The highest BCUT2D eigenvalue weighted by Crippen LogP contribution is 2.31. The molecule has 0 aliphatic heterocycles. The Hall–Kier alpha value is -4.87. The number of nitrogens with one attached hydrogen (secondary N) is 3. The molecule has 0 atom stereocenters. The minimum atomic E-state index is -4.45. The molecule has 5 rings (SSSR count). The number of H-pyrrole nitrogens is 1. The smallest absolute Gasteiger partial charge is 0.416 e. The van der Waals surface area contributed by atoms with Gasteiger partial charge in [-0.25, -0.2) is 4.39 Å². The van der Waals surface area contributed by atoms with Gasteiger partial charge in [0, 0.05) is 17.1 Å². The predicted molar refractivity (Wildman–Crippen MR) is 142 cm³/mol. The molecule has 1 fully saturated rings. The number of aromatic nitrogens is 1. The van der Waals surface area contributed by atoms with Crippen LogP contribution in [-0.2, 0) is 15.8 Å². The van der Waals surface area contributed by atoms with Crippen LogP contribution in [0.15, 0.2) is 72.8 Å². The average Bonchev–Trinajstić information content (AvgIpc) is 3.62. The molecule has 0 saturated heterocycles. The Kier molecular flexibility index (Phi) is 7.64. The zero-order chi connectivity index (χ0) is 29.1.